The van der Waals surface area contributed by atoms with Gasteiger partial charge in [0, 0.05) is 24.0 Å². The number of fused-ring (bicyclic) bond motifs is 1. The fourth-order valence-electron chi connectivity index (χ4n) is 2.10. The predicted octanol–water partition coefficient (Wildman–Crippen LogP) is 2.48. The molecule has 1 aromatic carbocycles. The fraction of sp³-hybridized carbons (Fsp3) is 0. The average molecular weight is 301 g/mol. The molecule has 3 rings (SSSR count). The lowest BCUT2D eigenvalue weighted by Crippen LogP contribution is -2.06. The van der Waals surface area contributed by atoms with E-state index in [0.717, 1.165) is 12.1 Å². The van der Waals surface area contributed by atoms with Crippen LogP contribution in [0.25, 0.3) is 22.3 Å². The number of nitrogens with zero attached hydrogens (tertiary/aromatic N) is 2. The summed E-state index contributed by atoms with van der Waals surface area (Å²) in [4.78, 5) is 26.2. The van der Waals surface area contributed by atoms with E-state index in [1.54, 1.807) is 12.1 Å². The lowest BCUT2D eigenvalue weighted by molar-refractivity contribution is -0.382. The SMILES string of the molecule is Nc1c(F)cc2c(=O)cc(-c3ccncc3)oc2c1[N+](=O)[O-]. The van der Waals surface area contributed by atoms with Crippen molar-refractivity contribution in [1.29, 1.82) is 0 Å². The van der Waals surface area contributed by atoms with Crippen LogP contribution in [0.4, 0.5) is 15.8 Å². The van der Waals surface area contributed by atoms with Crippen molar-refractivity contribution in [2.24, 2.45) is 0 Å². The number of anilines is 1. The zero-order valence-electron chi connectivity index (χ0n) is 10.9. The molecule has 2 N–H and O–H groups in total. The van der Waals surface area contributed by atoms with E-state index in [0.29, 0.717) is 5.56 Å². The molecule has 0 saturated heterocycles. The van der Waals surface area contributed by atoms with E-state index in [1.165, 1.54) is 12.4 Å². The van der Waals surface area contributed by atoms with Crippen LogP contribution < -0.4 is 11.2 Å². The summed E-state index contributed by atoms with van der Waals surface area (Å²) >= 11 is 0. The van der Waals surface area contributed by atoms with Crippen molar-refractivity contribution in [3.8, 4) is 11.3 Å². The third kappa shape index (κ3) is 2.06. The van der Waals surface area contributed by atoms with Crippen LogP contribution in [0.3, 0.4) is 0 Å². The normalized spacial score (nSPS) is 10.8. The van der Waals surface area contributed by atoms with Crippen molar-refractivity contribution in [1.82, 2.24) is 4.98 Å². The van der Waals surface area contributed by atoms with Gasteiger partial charge in [0.15, 0.2) is 16.9 Å². The summed E-state index contributed by atoms with van der Waals surface area (Å²) in [5, 5.41) is 10.9. The Morgan fingerprint density at radius 1 is 1.27 bits per heavy atom. The van der Waals surface area contributed by atoms with Crippen LogP contribution >= 0.6 is 0 Å². The minimum Gasteiger partial charge on any atom is -0.448 e. The molecular formula is C14H8FN3O4. The minimum atomic E-state index is -1.04. The van der Waals surface area contributed by atoms with E-state index in [1.807, 2.05) is 0 Å². The summed E-state index contributed by atoms with van der Waals surface area (Å²) in [6, 6.07) is 5.11. The maximum atomic E-state index is 13.7. The van der Waals surface area contributed by atoms with E-state index in [4.69, 9.17) is 10.2 Å². The zero-order chi connectivity index (χ0) is 15.9. The lowest BCUT2D eigenvalue weighted by Gasteiger charge is -2.05. The Balaban J connectivity index is 2.43. The van der Waals surface area contributed by atoms with Crippen molar-refractivity contribution in [3.05, 3.63) is 62.8 Å². The Bertz CT molecular complexity index is 954. The Kier molecular flexibility index (Phi) is 3.06. The van der Waals surface area contributed by atoms with Gasteiger partial charge in [-0.1, -0.05) is 0 Å². The van der Waals surface area contributed by atoms with Gasteiger partial charge >= 0.3 is 5.69 Å². The molecule has 2 aromatic heterocycles. The lowest BCUT2D eigenvalue weighted by atomic mass is 10.1. The molecule has 7 nitrogen and oxygen atoms in total. The third-order valence-corrected chi connectivity index (χ3v) is 3.13. The fourth-order valence-corrected chi connectivity index (χ4v) is 2.10. The maximum absolute atomic E-state index is 13.7. The van der Waals surface area contributed by atoms with Crippen LogP contribution in [0.1, 0.15) is 0 Å². The number of benzene rings is 1. The van der Waals surface area contributed by atoms with Crippen LogP contribution in [-0.4, -0.2) is 9.91 Å². The van der Waals surface area contributed by atoms with Gasteiger partial charge in [0.05, 0.1) is 10.3 Å². The molecule has 8 heteroatoms. The van der Waals surface area contributed by atoms with E-state index >= 15 is 0 Å². The predicted molar refractivity (Wildman–Crippen MR) is 76.7 cm³/mol. The van der Waals surface area contributed by atoms with Crippen molar-refractivity contribution >= 4 is 22.3 Å². The first kappa shape index (κ1) is 13.7. The number of hydrogen-bond donors (Lipinski definition) is 1. The van der Waals surface area contributed by atoms with Gasteiger partial charge in [-0.3, -0.25) is 19.9 Å². The highest BCUT2D eigenvalue weighted by molar-refractivity contribution is 5.92. The number of halogens is 1. The largest absolute Gasteiger partial charge is 0.448 e. The zero-order valence-corrected chi connectivity index (χ0v) is 10.9. The van der Waals surface area contributed by atoms with Crippen LogP contribution in [-0.2, 0) is 0 Å². The number of nitrogen functional groups attached to an aromatic ring is 1. The van der Waals surface area contributed by atoms with Gasteiger partial charge in [-0.15, -0.1) is 0 Å². The number of nitrogens with two attached hydrogens (primary N) is 1. The molecule has 0 atom stereocenters. The first-order chi connectivity index (χ1) is 10.5. The molecule has 0 aliphatic rings. The average Bonchev–Trinajstić information content (AvgIpc) is 2.49. The van der Waals surface area contributed by atoms with E-state index in [-0.39, 0.29) is 16.7 Å². The van der Waals surface area contributed by atoms with Crippen LogP contribution in [0, 0.1) is 15.9 Å². The van der Waals surface area contributed by atoms with Gasteiger partial charge in [0.1, 0.15) is 5.76 Å². The Morgan fingerprint density at radius 3 is 2.59 bits per heavy atom. The molecule has 0 radical (unpaired) electrons. The monoisotopic (exact) mass is 301 g/mol. The molecule has 3 aromatic rings. The first-order valence-corrected chi connectivity index (χ1v) is 6.09. The van der Waals surface area contributed by atoms with Gasteiger partial charge < -0.3 is 10.2 Å². The molecule has 0 unspecified atom stereocenters. The molecule has 0 amide bonds. The smallest absolute Gasteiger partial charge is 0.338 e. The van der Waals surface area contributed by atoms with Crippen LogP contribution in [0.2, 0.25) is 0 Å². The van der Waals surface area contributed by atoms with Gasteiger partial charge in [-0.2, -0.15) is 0 Å². The number of nitro groups is 1. The van der Waals surface area contributed by atoms with Crippen LogP contribution in [0.5, 0.6) is 0 Å². The molecule has 22 heavy (non-hydrogen) atoms. The third-order valence-electron chi connectivity index (χ3n) is 3.13. The first-order valence-electron chi connectivity index (χ1n) is 6.09. The van der Waals surface area contributed by atoms with Crippen molar-refractivity contribution in [2.75, 3.05) is 5.73 Å². The number of pyridine rings is 1. The van der Waals surface area contributed by atoms with Crippen LogP contribution in [0.15, 0.2) is 45.9 Å². The quantitative estimate of drug-likeness (QED) is 0.442. The Hall–Kier alpha value is -3.29. The molecule has 0 bridgehead atoms. The number of rotatable bonds is 2. The second-order valence-corrected chi connectivity index (χ2v) is 4.47. The van der Waals surface area contributed by atoms with Gasteiger partial charge in [0.25, 0.3) is 0 Å². The van der Waals surface area contributed by atoms with E-state index in [9.17, 15) is 19.3 Å². The summed E-state index contributed by atoms with van der Waals surface area (Å²) in [5.74, 6) is -0.933. The second kappa shape index (κ2) is 4.92. The summed E-state index contributed by atoms with van der Waals surface area (Å²) in [6.45, 7) is 0. The highest BCUT2D eigenvalue weighted by atomic mass is 19.1. The second-order valence-electron chi connectivity index (χ2n) is 4.47. The molecule has 0 saturated carbocycles. The molecule has 2 heterocycles. The van der Waals surface area contributed by atoms with Gasteiger partial charge in [0.2, 0.25) is 5.58 Å². The molecule has 0 aliphatic heterocycles. The summed E-state index contributed by atoms with van der Waals surface area (Å²) in [7, 11) is 0. The van der Waals surface area contributed by atoms with Crippen molar-refractivity contribution in [2.45, 2.75) is 0 Å². The topological polar surface area (TPSA) is 112 Å². The van der Waals surface area contributed by atoms with Crippen molar-refractivity contribution in [3.63, 3.8) is 0 Å². The van der Waals surface area contributed by atoms with Gasteiger partial charge in [-0.25, -0.2) is 4.39 Å². The number of nitro benzene ring substituents is 1. The Morgan fingerprint density at radius 2 is 1.95 bits per heavy atom. The van der Waals surface area contributed by atoms with Gasteiger partial charge in [-0.05, 0) is 18.2 Å². The minimum absolute atomic E-state index is 0.106. The van der Waals surface area contributed by atoms with E-state index < -0.39 is 27.5 Å². The maximum Gasteiger partial charge on any atom is 0.338 e. The summed E-state index contributed by atoms with van der Waals surface area (Å²) in [6.07, 6.45) is 2.96. The molecular weight excluding hydrogens is 293 g/mol. The van der Waals surface area contributed by atoms with Crippen molar-refractivity contribution < 1.29 is 13.7 Å². The highest BCUT2D eigenvalue weighted by Gasteiger charge is 2.25. The molecule has 110 valence electrons. The molecule has 0 fully saturated rings. The molecule has 0 aliphatic carbocycles. The van der Waals surface area contributed by atoms with E-state index in [2.05, 4.69) is 4.98 Å². The number of hydrogen-bond acceptors (Lipinski definition) is 6. The standard InChI is InChI=1S/C14H8FN3O4/c15-9-5-8-10(19)6-11(7-1-3-17-4-2-7)22-14(8)13(12(9)16)18(20)21/h1-6H,16H2. The summed E-state index contributed by atoms with van der Waals surface area (Å²) in [5.41, 5.74) is 3.51. The summed E-state index contributed by atoms with van der Waals surface area (Å²) < 4.78 is 19.1. The molecule has 0 spiro atoms. The highest BCUT2D eigenvalue weighted by Crippen LogP contribution is 2.34. The Labute approximate surface area is 122 Å². The number of aromatic nitrogens is 1.